The lowest BCUT2D eigenvalue weighted by molar-refractivity contribution is -0.891. The number of carbonyl (C=O) groups is 2. The van der Waals surface area contributed by atoms with Crippen molar-refractivity contribution in [3.63, 3.8) is 0 Å². The van der Waals surface area contributed by atoms with Gasteiger partial charge < -0.3 is 51.2 Å². The van der Waals surface area contributed by atoms with Crippen LogP contribution in [0, 0.1) is 30.7 Å². The lowest BCUT2D eigenvalue weighted by atomic mass is 10.1. The van der Waals surface area contributed by atoms with Crippen LogP contribution in [-0.4, -0.2) is 131 Å². The Balaban J connectivity index is 0.000000290. The molecule has 0 saturated carbocycles. The first kappa shape index (κ1) is 61.6. The maximum atomic E-state index is 13.7. The molecule has 0 saturated heterocycles. The highest BCUT2D eigenvalue weighted by atomic mass is 19.2. The van der Waals surface area contributed by atoms with Gasteiger partial charge in [0.1, 0.15) is 41.6 Å². The number of hydrogen-bond acceptors (Lipinski definition) is 11. The zero-order valence-corrected chi connectivity index (χ0v) is 46.5. The smallest absolute Gasteiger partial charge is 0.313 e. The number of fused-ring (bicyclic) bond motifs is 6. The number of rotatable bonds is 29. The molecule has 7 aromatic rings. The van der Waals surface area contributed by atoms with E-state index in [-0.39, 0.29) is 32.3 Å². The molecule has 77 heavy (non-hydrogen) atoms. The second kappa shape index (κ2) is 28.9. The molecule has 0 amide bonds. The van der Waals surface area contributed by atoms with Gasteiger partial charge in [0.15, 0.2) is 23.3 Å². The predicted molar refractivity (Wildman–Crippen MR) is 298 cm³/mol. The summed E-state index contributed by atoms with van der Waals surface area (Å²) in [5, 5.41) is 2.16. The number of anilines is 2. The van der Waals surface area contributed by atoms with Gasteiger partial charge in [-0.3, -0.25) is 9.59 Å². The van der Waals surface area contributed by atoms with Crippen LogP contribution in [0.25, 0.3) is 43.9 Å². The van der Waals surface area contributed by atoms with Crippen molar-refractivity contribution >= 4 is 67.3 Å². The van der Waals surface area contributed by atoms with Crippen LogP contribution in [0.4, 0.5) is 29.2 Å². The number of aromatic nitrogens is 6. The molecule has 0 bridgehead atoms. The molecule has 4 heterocycles. The fourth-order valence-electron chi connectivity index (χ4n) is 9.19. The van der Waals surface area contributed by atoms with E-state index in [1.54, 1.807) is 6.92 Å². The summed E-state index contributed by atoms with van der Waals surface area (Å²) in [4.78, 5) is 41.9. The zero-order chi connectivity index (χ0) is 55.0. The van der Waals surface area contributed by atoms with Crippen molar-refractivity contribution < 1.29 is 50.3 Å². The van der Waals surface area contributed by atoms with Crippen LogP contribution in [0.2, 0.25) is 0 Å². The van der Waals surface area contributed by atoms with Crippen molar-refractivity contribution in [3.05, 3.63) is 96.9 Å². The molecule has 19 heteroatoms. The Bertz CT molecular complexity index is 3040. The molecule has 0 aliphatic rings. The number of unbranched alkanes of at least 4 members (excludes halogenated alkanes) is 4. The predicted octanol–water partition coefficient (Wildman–Crippen LogP) is 10.7. The molecule has 0 aliphatic carbocycles. The number of aryl methyl sites for hydroxylation is 4. The summed E-state index contributed by atoms with van der Waals surface area (Å²) in [6.45, 7) is 12.8. The zero-order valence-electron chi connectivity index (χ0n) is 46.5. The van der Waals surface area contributed by atoms with Crippen LogP contribution < -0.4 is 16.2 Å². The third-order valence-electron chi connectivity index (χ3n) is 13.7. The summed E-state index contributed by atoms with van der Waals surface area (Å²) in [6.07, 6.45) is 10.4. The Morgan fingerprint density at radius 2 is 1.01 bits per heavy atom. The van der Waals surface area contributed by atoms with Crippen LogP contribution >= 0.6 is 0 Å². The molecule has 0 spiro atoms. The van der Waals surface area contributed by atoms with E-state index in [1.165, 1.54) is 0 Å². The summed E-state index contributed by atoms with van der Waals surface area (Å²) >= 11 is 0. The Morgan fingerprint density at radius 3 is 1.44 bits per heavy atom. The number of para-hydroxylation sites is 2. The second-order valence-corrected chi connectivity index (χ2v) is 20.9. The second-order valence-electron chi connectivity index (χ2n) is 20.9. The largest absolute Gasteiger partial charge is 0.420 e. The number of nitrogen functional groups attached to an aromatic ring is 2. The van der Waals surface area contributed by atoms with Crippen molar-refractivity contribution in [2.45, 2.75) is 111 Å². The van der Waals surface area contributed by atoms with Gasteiger partial charge in [-0.2, -0.15) is 8.78 Å². The van der Waals surface area contributed by atoms with Gasteiger partial charge in [0, 0.05) is 49.2 Å². The number of nitrogens with two attached hydrogens (primary N) is 2. The van der Waals surface area contributed by atoms with E-state index in [4.69, 9.17) is 30.9 Å². The molecule has 0 unspecified atom stereocenters. The molecule has 0 atom stereocenters. The van der Waals surface area contributed by atoms with Crippen molar-refractivity contribution in [1.29, 1.82) is 0 Å². The van der Waals surface area contributed by atoms with Gasteiger partial charge in [0.2, 0.25) is 17.4 Å². The average Bonchev–Trinajstić information content (AvgIpc) is 3.95. The number of halogens is 4. The number of carbonyl (C=O) groups excluding carboxylic acids is 2. The number of nitrogens with zero attached hydrogens (tertiary/aromatic N) is 8. The number of esters is 1. The Hall–Kier alpha value is -6.28. The van der Waals surface area contributed by atoms with Gasteiger partial charge in [0.05, 0.1) is 96.2 Å². The summed E-state index contributed by atoms with van der Waals surface area (Å²) < 4.78 is 75.9. The fourth-order valence-corrected chi connectivity index (χ4v) is 9.19. The average molecular weight is 1070 g/mol. The third kappa shape index (κ3) is 16.9. The van der Waals surface area contributed by atoms with Crippen LogP contribution in [0.1, 0.15) is 96.6 Å². The minimum atomic E-state index is -1.76. The summed E-state index contributed by atoms with van der Waals surface area (Å²) in [5.74, 6) is -6.00. The van der Waals surface area contributed by atoms with Crippen molar-refractivity contribution in [2.24, 2.45) is 0 Å². The monoisotopic (exact) mass is 1070 g/mol. The first-order valence-corrected chi connectivity index (χ1v) is 26.7. The van der Waals surface area contributed by atoms with Gasteiger partial charge in [-0.1, -0.05) is 63.1 Å². The summed E-state index contributed by atoms with van der Waals surface area (Å²) in [7, 11) is 8.66. The number of imidazole rings is 2. The highest BCUT2D eigenvalue weighted by molar-refractivity contribution is 6.07. The minimum absolute atomic E-state index is 0. The topological polar surface area (TPSA) is 175 Å². The number of benzene rings is 3. The molecule has 3 aromatic carbocycles. The molecule has 420 valence electrons. The summed E-state index contributed by atoms with van der Waals surface area (Å²) in [5.41, 5.74) is 18.1. The molecular weight excluding hydrogens is 993 g/mol. The van der Waals surface area contributed by atoms with Gasteiger partial charge in [0.25, 0.3) is 0 Å². The van der Waals surface area contributed by atoms with E-state index in [0.717, 1.165) is 157 Å². The van der Waals surface area contributed by atoms with Crippen molar-refractivity contribution in [3.8, 4) is 5.75 Å². The number of likely N-dealkylation sites (N-methyl/N-ethyl adjacent to an activating group) is 2. The molecule has 7 rings (SSSR count). The van der Waals surface area contributed by atoms with Gasteiger partial charge in [-0.15, -0.1) is 0 Å². The molecule has 0 aliphatic heterocycles. The molecule has 0 fully saturated rings. The van der Waals surface area contributed by atoms with Crippen molar-refractivity contribution in [2.75, 3.05) is 92.3 Å². The van der Waals surface area contributed by atoms with E-state index in [9.17, 15) is 27.2 Å². The van der Waals surface area contributed by atoms with Crippen LogP contribution in [0.5, 0.6) is 5.75 Å². The van der Waals surface area contributed by atoms with E-state index in [0.29, 0.717) is 48.9 Å². The number of pyridine rings is 2. The van der Waals surface area contributed by atoms with Crippen LogP contribution in [0.3, 0.4) is 0 Å². The highest BCUT2D eigenvalue weighted by Gasteiger charge is 2.24. The van der Waals surface area contributed by atoms with E-state index >= 15 is 0 Å². The fraction of sp³-hybridized carbons (Fsp3) is 0.500. The molecule has 0 radical (unpaired) electrons. The minimum Gasteiger partial charge on any atom is -0.420 e. The molecule has 15 nitrogen and oxygen atoms in total. The molecule has 4 aromatic heterocycles. The highest BCUT2D eigenvalue weighted by Crippen LogP contribution is 2.32. The Morgan fingerprint density at radius 1 is 0.584 bits per heavy atom. The lowest BCUT2D eigenvalue weighted by Crippen LogP contribution is -2.43. The number of ether oxygens (including phenoxy) is 3. The maximum absolute atomic E-state index is 13.7. The van der Waals surface area contributed by atoms with Gasteiger partial charge in [-0.25, -0.2) is 28.7 Å². The van der Waals surface area contributed by atoms with Gasteiger partial charge >= 0.3 is 5.97 Å². The summed E-state index contributed by atoms with van der Waals surface area (Å²) in [6, 6.07) is 16.2. The molecular formula is C58H81F4N10O5+. The quantitative estimate of drug-likeness (QED) is 0.00868. The molecule has 4 N–H and O–H groups in total. The van der Waals surface area contributed by atoms with Crippen LogP contribution in [-0.2, 0) is 45.0 Å². The number of hydrogen-bond donors (Lipinski definition) is 2. The number of ketones is 1. The number of quaternary nitrogens is 2. The standard InChI is InChI=1S/C31H38F4N5O3.C26H40N5O2.CH3/c1-4-5-12-24-38-28-29(20-10-6-7-11-23(20)37-31(28)36)39(24)14-8-9-15-40(2,3)16-18-42-17-13-25(41)43-30-26(34)21(32)19-22(33)27(30)35;1-5-6-13-23-29-24-25(21-11-7-8-12-22(21)28-26(24)27)30(23)15-9-10-16-31(3,4)17-19-33-18-14-20(2)32;/h6-7,10-11,19H,4-5,8-9,12-18H2,1-3H3,(H2,36,37);7-8,11-12H,5-6,9-10,13-19H2,1-4H3,(H2,27,28);1H3/q2*+1;-1. The van der Waals surface area contributed by atoms with E-state index in [2.05, 4.69) is 84.1 Å². The Kier molecular flexibility index (Phi) is 23.1. The first-order chi connectivity index (χ1) is 36.3. The van der Waals surface area contributed by atoms with Crippen LogP contribution in [0.15, 0.2) is 54.6 Å². The Labute approximate surface area is 451 Å². The van der Waals surface area contributed by atoms with Crippen molar-refractivity contribution in [1.82, 2.24) is 29.1 Å². The normalized spacial score (nSPS) is 11.9. The lowest BCUT2D eigenvalue weighted by Gasteiger charge is -2.29. The number of Topliss-reactive ketones (excluding diaryl/α,β-unsaturated/α-hetero) is 1. The maximum Gasteiger partial charge on any atom is 0.313 e. The van der Waals surface area contributed by atoms with E-state index < -0.39 is 35.0 Å². The first-order valence-electron chi connectivity index (χ1n) is 26.7. The third-order valence-corrected chi connectivity index (χ3v) is 13.7. The van der Waals surface area contributed by atoms with Gasteiger partial charge in [-0.05, 0) is 57.6 Å². The van der Waals surface area contributed by atoms with E-state index in [1.807, 2.05) is 30.3 Å². The SMILES string of the molecule is CCCCc1nc2c(N)nc3ccccc3c2n1CCCC[N+](C)(C)CCOCCC(=O)Oc1c(F)c(F)cc(F)c1F.CCCCc1nc2c(N)nc3ccccc3c2n1CCCC[N+](C)(C)CCOCCC(C)=O.[CH3-].